The summed E-state index contributed by atoms with van der Waals surface area (Å²) >= 11 is 3.98. The molecule has 168 valence electrons. The Balaban J connectivity index is 1.49. The van der Waals surface area contributed by atoms with E-state index >= 15 is 0 Å². The average Bonchev–Trinajstić information content (AvgIpc) is 3.08. The Hall–Kier alpha value is -0.420. The lowest BCUT2D eigenvalue weighted by molar-refractivity contribution is -0.306. The van der Waals surface area contributed by atoms with E-state index in [1.54, 1.807) is 0 Å². The number of fused-ring (bicyclic) bond motifs is 3. The highest BCUT2D eigenvalue weighted by Crippen LogP contribution is 2.73. The molecule has 0 amide bonds. The molecule has 0 unspecified atom stereocenters. The highest BCUT2D eigenvalue weighted by molar-refractivity contribution is 9.10. The molecule has 4 nitrogen and oxygen atoms in total. The molecule has 0 aromatic rings. The molecule has 2 aliphatic heterocycles. The number of halogens is 1. The van der Waals surface area contributed by atoms with Crippen LogP contribution in [0.5, 0.6) is 0 Å². The van der Waals surface area contributed by atoms with Crippen LogP contribution in [0.3, 0.4) is 0 Å². The second-order valence-corrected chi connectivity index (χ2v) is 12.4. The highest BCUT2D eigenvalue weighted by Gasteiger charge is 2.77. The lowest BCUT2D eigenvalue weighted by atomic mass is 9.40. The summed E-state index contributed by atoms with van der Waals surface area (Å²) in [6.45, 7) is 7.02. The van der Waals surface area contributed by atoms with Gasteiger partial charge in [0.1, 0.15) is 5.60 Å². The number of ketones is 1. The first-order valence-corrected chi connectivity index (χ1v) is 13.0. The van der Waals surface area contributed by atoms with E-state index < -0.39 is 5.60 Å². The molecule has 4 aliphatic carbocycles. The van der Waals surface area contributed by atoms with Gasteiger partial charge in [0.05, 0.1) is 18.0 Å². The number of rotatable bonds is 4. The second kappa shape index (κ2) is 7.04. The van der Waals surface area contributed by atoms with Gasteiger partial charge in [0.15, 0.2) is 5.78 Å². The van der Waals surface area contributed by atoms with Crippen molar-refractivity contribution in [3.05, 3.63) is 0 Å². The van der Waals surface area contributed by atoms with Crippen molar-refractivity contribution in [1.29, 1.82) is 0 Å². The monoisotopic (exact) mass is 480 g/mol. The Morgan fingerprint density at radius 3 is 2.67 bits per heavy atom. The molecule has 0 radical (unpaired) electrons. The maximum absolute atomic E-state index is 14.3. The smallest absolute Gasteiger partial charge is 0.305 e. The number of alkyl halides is 1. The Bertz CT molecular complexity index is 753. The Morgan fingerprint density at radius 2 is 1.93 bits per heavy atom. The summed E-state index contributed by atoms with van der Waals surface area (Å²) in [5.74, 6) is 2.57. The number of ether oxygens (including phenoxy) is 2. The topological polar surface area (TPSA) is 52.6 Å². The van der Waals surface area contributed by atoms with Gasteiger partial charge in [-0.3, -0.25) is 9.59 Å². The van der Waals surface area contributed by atoms with Gasteiger partial charge in [0.25, 0.3) is 0 Å². The number of Topliss-reactive ketones (excluding diaryl/α,β-unsaturated/α-hetero) is 1. The summed E-state index contributed by atoms with van der Waals surface area (Å²) in [5.41, 5.74) is -0.630. The van der Waals surface area contributed by atoms with Crippen molar-refractivity contribution in [1.82, 2.24) is 0 Å². The van der Waals surface area contributed by atoms with Gasteiger partial charge in [-0.15, -0.1) is 0 Å². The Kier molecular flexibility index (Phi) is 5.03. The molecule has 6 aliphatic rings. The van der Waals surface area contributed by atoms with Gasteiger partial charge in [-0.25, -0.2) is 0 Å². The predicted molar refractivity (Wildman–Crippen MR) is 118 cm³/mol. The zero-order valence-corrected chi connectivity index (χ0v) is 20.5. The third-order valence-electron chi connectivity index (χ3n) is 10.7. The quantitative estimate of drug-likeness (QED) is 0.404. The van der Waals surface area contributed by atoms with Gasteiger partial charge >= 0.3 is 5.97 Å². The van der Waals surface area contributed by atoms with E-state index in [1.807, 2.05) is 0 Å². The van der Waals surface area contributed by atoms with E-state index in [0.717, 1.165) is 38.5 Å². The zero-order valence-electron chi connectivity index (χ0n) is 18.9. The number of esters is 1. The van der Waals surface area contributed by atoms with E-state index in [0.29, 0.717) is 41.8 Å². The van der Waals surface area contributed by atoms with Crippen LogP contribution in [0, 0.1) is 40.4 Å². The molecule has 0 N–H and O–H groups in total. The Labute approximate surface area is 189 Å². The molecule has 6 rings (SSSR count). The first-order valence-electron chi connectivity index (χ1n) is 12.1. The summed E-state index contributed by atoms with van der Waals surface area (Å²) in [5, 5.41) is 0. The molecule has 30 heavy (non-hydrogen) atoms. The van der Waals surface area contributed by atoms with Gasteiger partial charge < -0.3 is 9.47 Å². The van der Waals surface area contributed by atoms with E-state index in [9.17, 15) is 9.59 Å². The SMILES string of the molecule is COC(=O)CC[C@H](C)[C@@H]1CC[C@H]2[C@H]3CC[C@H]4C[C@H]5CC[C@]4(C)[C@@]3(O5)C(=O)[C@H](Br)[C@@]21C. The minimum atomic E-state index is -0.570. The standard InChI is InChI=1S/C25H37BrO4/c1-14(5-10-20(27)29-4)17-8-9-18-19-7-6-15-13-16-11-12-23(15,2)25(19,30-16)22(28)21(26)24(17,18)3/h14-19,21H,5-13H2,1-4H3/t14-,15-,16+,17-,18-,19+,21-,23-,24+,25-/m0/s1. The van der Waals surface area contributed by atoms with Crippen LogP contribution in [-0.2, 0) is 19.1 Å². The lowest BCUT2D eigenvalue weighted by Gasteiger charge is -2.71. The van der Waals surface area contributed by atoms with Gasteiger partial charge in [-0.1, -0.05) is 36.7 Å². The number of hydrogen-bond acceptors (Lipinski definition) is 4. The van der Waals surface area contributed by atoms with Crippen molar-refractivity contribution in [3.63, 3.8) is 0 Å². The van der Waals surface area contributed by atoms with Crippen LogP contribution < -0.4 is 0 Å². The molecule has 4 bridgehead atoms. The Morgan fingerprint density at radius 1 is 1.20 bits per heavy atom. The molecule has 6 fully saturated rings. The highest BCUT2D eigenvalue weighted by atomic mass is 79.9. The van der Waals surface area contributed by atoms with Crippen LogP contribution in [0.25, 0.3) is 0 Å². The van der Waals surface area contributed by atoms with Gasteiger partial charge in [0, 0.05) is 11.8 Å². The van der Waals surface area contributed by atoms with Gasteiger partial charge in [-0.2, -0.15) is 0 Å². The van der Waals surface area contributed by atoms with Crippen LogP contribution >= 0.6 is 15.9 Å². The summed E-state index contributed by atoms with van der Waals surface area (Å²) < 4.78 is 11.7. The zero-order chi connectivity index (χ0) is 21.5. The van der Waals surface area contributed by atoms with Crippen molar-refractivity contribution in [2.75, 3.05) is 7.11 Å². The summed E-state index contributed by atoms with van der Waals surface area (Å²) in [6.07, 6.45) is 9.73. The largest absolute Gasteiger partial charge is 0.469 e. The molecule has 2 saturated heterocycles. The van der Waals surface area contributed by atoms with Crippen molar-refractivity contribution in [3.8, 4) is 0 Å². The molecule has 4 saturated carbocycles. The second-order valence-electron chi connectivity index (χ2n) is 11.5. The maximum Gasteiger partial charge on any atom is 0.305 e. The third-order valence-corrected chi connectivity index (χ3v) is 12.1. The fourth-order valence-electron chi connectivity index (χ4n) is 9.18. The third kappa shape index (κ3) is 2.48. The van der Waals surface area contributed by atoms with Crippen LogP contribution in [0.2, 0.25) is 0 Å². The van der Waals surface area contributed by atoms with Crippen molar-refractivity contribution >= 4 is 27.7 Å². The van der Waals surface area contributed by atoms with E-state index in [1.165, 1.54) is 20.0 Å². The first-order chi connectivity index (χ1) is 14.2. The van der Waals surface area contributed by atoms with Crippen molar-refractivity contribution < 1.29 is 19.1 Å². The number of carbonyl (C=O) groups excluding carboxylic acids is 2. The van der Waals surface area contributed by atoms with Gasteiger partial charge in [0.2, 0.25) is 0 Å². The summed E-state index contributed by atoms with van der Waals surface area (Å²) in [6, 6.07) is 0. The molecule has 0 aromatic heterocycles. The molecule has 1 spiro atoms. The average molecular weight is 481 g/mol. The maximum atomic E-state index is 14.3. The molecular weight excluding hydrogens is 444 g/mol. The van der Waals surface area contributed by atoms with Crippen LogP contribution in [0.4, 0.5) is 0 Å². The minimum Gasteiger partial charge on any atom is -0.469 e. The summed E-state index contributed by atoms with van der Waals surface area (Å²) in [4.78, 5) is 25.8. The predicted octanol–water partition coefficient (Wildman–Crippen LogP) is 5.31. The van der Waals surface area contributed by atoms with Crippen LogP contribution in [0.1, 0.15) is 78.6 Å². The van der Waals surface area contributed by atoms with E-state index in [2.05, 4.69) is 36.7 Å². The van der Waals surface area contributed by atoms with Crippen LogP contribution in [0.15, 0.2) is 0 Å². The number of hydrogen-bond donors (Lipinski definition) is 0. The van der Waals surface area contributed by atoms with E-state index in [4.69, 9.17) is 9.47 Å². The van der Waals surface area contributed by atoms with Crippen molar-refractivity contribution in [2.45, 2.75) is 95.1 Å². The molecule has 5 heteroatoms. The number of carbonyl (C=O) groups is 2. The fraction of sp³-hybridized carbons (Fsp3) is 0.920. The van der Waals surface area contributed by atoms with Crippen LogP contribution in [-0.4, -0.2) is 35.4 Å². The van der Waals surface area contributed by atoms with Gasteiger partial charge in [-0.05, 0) is 86.4 Å². The fourth-order valence-corrected chi connectivity index (χ4v) is 10.2. The molecule has 10 atom stereocenters. The minimum absolute atomic E-state index is 0.00366. The van der Waals surface area contributed by atoms with E-state index in [-0.39, 0.29) is 27.7 Å². The normalized spacial score (nSPS) is 52.5. The summed E-state index contributed by atoms with van der Waals surface area (Å²) in [7, 11) is 1.46. The molecule has 0 aromatic carbocycles. The van der Waals surface area contributed by atoms with Crippen molar-refractivity contribution in [2.24, 2.45) is 40.4 Å². The molecule has 2 heterocycles. The molecular formula is C25H37BrO4. The number of methoxy groups -OCH3 is 1. The first kappa shape index (κ1) is 21.4. The lowest BCUT2D eigenvalue weighted by Crippen LogP contribution is -2.77.